The zero-order chi connectivity index (χ0) is 11.4. The lowest BCUT2D eigenvalue weighted by Gasteiger charge is -2.33. The molecule has 1 aliphatic heterocycles. The van der Waals surface area contributed by atoms with Crippen LogP contribution in [-0.4, -0.2) is 62.0 Å². The molecule has 0 atom stereocenters. The lowest BCUT2D eigenvalue weighted by Crippen LogP contribution is -2.49. The summed E-state index contributed by atoms with van der Waals surface area (Å²) >= 11 is 0. The third-order valence-corrected chi connectivity index (χ3v) is 3.79. The molecule has 2 aliphatic rings. The monoisotopic (exact) mass is 225 g/mol. The van der Waals surface area contributed by atoms with Crippen LogP contribution >= 0.6 is 0 Å². The minimum atomic E-state index is 0.271. The molecule has 1 aliphatic carbocycles. The zero-order valence-corrected chi connectivity index (χ0v) is 10.2. The van der Waals surface area contributed by atoms with Crippen LogP contribution in [0.2, 0.25) is 0 Å². The highest BCUT2D eigenvalue weighted by Gasteiger charge is 2.20. The minimum absolute atomic E-state index is 0.271. The highest BCUT2D eigenvalue weighted by Crippen LogP contribution is 2.24. The molecule has 1 amide bonds. The van der Waals surface area contributed by atoms with Gasteiger partial charge in [-0.05, 0) is 32.4 Å². The quantitative estimate of drug-likeness (QED) is 0.740. The van der Waals surface area contributed by atoms with E-state index < -0.39 is 0 Å². The number of hydrogen-bond donors (Lipinski definition) is 1. The van der Waals surface area contributed by atoms with Gasteiger partial charge in [0.05, 0.1) is 6.54 Å². The Morgan fingerprint density at radius 2 is 1.94 bits per heavy atom. The third-order valence-electron chi connectivity index (χ3n) is 3.79. The van der Waals surface area contributed by atoms with Gasteiger partial charge < -0.3 is 15.1 Å². The molecule has 0 radical (unpaired) electrons. The van der Waals surface area contributed by atoms with Gasteiger partial charge in [0.15, 0.2) is 0 Å². The van der Waals surface area contributed by atoms with E-state index in [1.54, 1.807) is 0 Å². The van der Waals surface area contributed by atoms with E-state index in [-0.39, 0.29) is 5.91 Å². The maximum absolute atomic E-state index is 11.8. The first-order chi connectivity index (χ1) is 7.75. The molecular weight excluding hydrogens is 202 g/mol. The predicted octanol–water partition coefficient (Wildman–Crippen LogP) is 0.150. The largest absolute Gasteiger partial charge is 0.339 e. The molecule has 1 N–H and O–H groups in total. The molecule has 0 bridgehead atoms. The highest BCUT2D eigenvalue weighted by atomic mass is 16.2. The summed E-state index contributed by atoms with van der Waals surface area (Å²) in [5.74, 6) is 1.10. The summed E-state index contributed by atoms with van der Waals surface area (Å²) in [4.78, 5) is 16.1. The zero-order valence-electron chi connectivity index (χ0n) is 10.2. The summed E-state index contributed by atoms with van der Waals surface area (Å²) in [6.07, 6.45) is 4.06. The molecule has 0 aromatic rings. The molecule has 16 heavy (non-hydrogen) atoms. The van der Waals surface area contributed by atoms with Crippen molar-refractivity contribution in [3.63, 3.8) is 0 Å². The number of carbonyl (C=O) groups is 1. The summed E-state index contributed by atoms with van der Waals surface area (Å²) in [5.41, 5.74) is 0. The van der Waals surface area contributed by atoms with Crippen LogP contribution in [0.15, 0.2) is 0 Å². The molecule has 4 nitrogen and oxygen atoms in total. The van der Waals surface area contributed by atoms with E-state index in [1.165, 1.54) is 19.3 Å². The second-order valence-electron chi connectivity index (χ2n) is 5.11. The van der Waals surface area contributed by atoms with Gasteiger partial charge in [0.25, 0.3) is 0 Å². The predicted molar refractivity (Wildman–Crippen MR) is 64.3 cm³/mol. The van der Waals surface area contributed by atoms with Crippen molar-refractivity contribution in [2.75, 3.05) is 46.3 Å². The molecular formula is C12H23N3O. The maximum Gasteiger partial charge on any atom is 0.236 e. The molecule has 0 spiro atoms. The second-order valence-corrected chi connectivity index (χ2v) is 5.11. The average Bonchev–Trinajstić information content (AvgIpc) is 2.22. The first-order valence-electron chi connectivity index (χ1n) is 6.43. The van der Waals surface area contributed by atoms with Gasteiger partial charge in [-0.2, -0.15) is 0 Å². The Labute approximate surface area is 98.0 Å². The van der Waals surface area contributed by atoms with E-state index in [4.69, 9.17) is 0 Å². The van der Waals surface area contributed by atoms with E-state index in [2.05, 4.69) is 17.3 Å². The highest BCUT2D eigenvalue weighted by molar-refractivity contribution is 5.78. The smallest absolute Gasteiger partial charge is 0.236 e. The standard InChI is InChI=1S/C12H23N3O/c1-14-5-7-15(8-6-14)12(16)10-13-9-11-3-2-4-11/h11,13H,2-10H2,1H3. The molecule has 1 saturated heterocycles. The number of nitrogens with zero attached hydrogens (tertiary/aromatic N) is 2. The van der Waals surface area contributed by atoms with Crippen LogP contribution in [0.1, 0.15) is 19.3 Å². The van der Waals surface area contributed by atoms with E-state index in [9.17, 15) is 4.79 Å². The van der Waals surface area contributed by atoms with Gasteiger partial charge in [-0.25, -0.2) is 0 Å². The van der Waals surface area contributed by atoms with Crippen LogP contribution in [0.4, 0.5) is 0 Å². The van der Waals surface area contributed by atoms with E-state index in [0.717, 1.165) is 38.6 Å². The van der Waals surface area contributed by atoms with Crippen LogP contribution in [0.25, 0.3) is 0 Å². The normalized spacial score (nSPS) is 23.2. The van der Waals surface area contributed by atoms with Crippen LogP contribution in [0.3, 0.4) is 0 Å². The molecule has 4 heteroatoms. The van der Waals surface area contributed by atoms with Crippen LogP contribution in [0, 0.1) is 5.92 Å². The Balaban J connectivity index is 1.59. The maximum atomic E-state index is 11.8. The lowest BCUT2D eigenvalue weighted by molar-refractivity contribution is -0.131. The van der Waals surface area contributed by atoms with Crippen LogP contribution in [0.5, 0.6) is 0 Å². The van der Waals surface area contributed by atoms with Crippen molar-refractivity contribution in [2.24, 2.45) is 5.92 Å². The third kappa shape index (κ3) is 3.19. The number of amides is 1. The molecule has 0 aromatic carbocycles. The number of rotatable bonds is 4. The number of nitrogens with one attached hydrogen (secondary N) is 1. The summed E-state index contributed by atoms with van der Waals surface area (Å²) < 4.78 is 0. The van der Waals surface area contributed by atoms with Gasteiger partial charge in [-0.15, -0.1) is 0 Å². The Morgan fingerprint density at radius 1 is 1.25 bits per heavy atom. The molecule has 2 fully saturated rings. The molecule has 0 aromatic heterocycles. The van der Waals surface area contributed by atoms with Gasteiger partial charge >= 0.3 is 0 Å². The Kier molecular flexibility index (Phi) is 4.18. The molecule has 92 valence electrons. The van der Waals surface area contributed by atoms with Crippen molar-refractivity contribution in [3.8, 4) is 0 Å². The van der Waals surface area contributed by atoms with E-state index in [1.807, 2.05) is 4.90 Å². The first-order valence-corrected chi connectivity index (χ1v) is 6.43. The number of piperazine rings is 1. The fourth-order valence-electron chi connectivity index (χ4n) is 2.25. The topological polar surface area (TPSA) is 35.6 Å². The first kappa shape index (κ1) is 11.9. The minimum Gasteiger partial charge on any atom is -0.339 e. The second kappa shape index (κ2) is 5.64. The van der Waals surface area contributed by atoms with Crippen molar-refractivity contribution in [1.82, 2.24) is 15.1 Å². The van der Waals surface area contributed by atoms with Gasteiger partial charge in [0.2, 0.25) is 5.91 Å². The van der Waals surface area contributed by atoms with E-state index >= 15 is 0 Å². The van der Waals surface area contributed by atoms with Crippen molar-refractivity contribution < 1.29 is 4.79 Å². The fraction of sp³-hybridized carbons (Fsp3) is 0.917. The Hall–Kier alpha value is -0.610. The number of hydrogen-bond acceptors (Lipinski definition) is 3. The van der Waals surface area contributed by atoms with Crippen molar-refractivity contribution >= 4 is 5.91 Å². The Morgan fingerprint density at radius 3 is 2.50 bits per heavy atom. The summed E-state index contributed by atoms with van der Waals surface area (Å²) in [5, 5.41) is 3.29. The average molecular weight is 225 g/mol. The lowest BCUT2D eigenvalue weighted by atomic mass is 9.85. The summed E-state index contributed by atoms with van der Waals surface area (Å²) in [6, 6.07) is 0. The van der Waals surface area contributed by atoms with Crippen molar-refractivity contribution in [1.29, 1.82) is 0 Å². The molecule has 0 unspecified atom stereocenters. The van der Waals surface area contributed by atoms with E-state index in [0.29, 0.717) is 6.54 Å². The van der Waals surface area contributed by atoms with Crippen molar-refractivity contribution in [3.05, 3.63) is 0 Å². The SMILES string of the molecule is CN1CCN(C(=O)CNCC2CCC2)CC1. The van der Waals surface area contributed by atoms with Crippen molar-refractivity contribution in [2.45, 2.75) is 19.3 Å². The van der Waals surface area contributed by atoms with Crippen LogP contribution < -0.4 is 5.32 Å². The molecule has 2 rings (SSSR count). The van der Waals surface area contributed by atoms with Gasteiger partial charge in [0, 0.05) is 26.2 Å². The Bertz CT molecular complexity index is 232. The fourth-order valence-corrected chi connectivity index (χ4v) is 2.25. The number of carbonyl (C=O) groups excluding carboxylic acids is 1. The van der Waals surface area contributed by atoms with Crippen LogP contribution in [-0.2, 0) is 4.79 Å². The molecule has 1 heterocycles. The van der Waals surface area contributed by atoms with Gasteiger partial charge in [0.1, 0.15) is 0 Å². The summed E-state index contributed by atoms with van der Waals surface area (Å²) in [6.45, 7) is 5.35. The van der Waals surface area contributed by atoms with Gasteiger partial charge in [-0.1, -0.05) is 6.42 Å². The number of likely N-dealkylation sites (N-methyl/N-ethyl adjacent to an activating group) is 1. The summed E-state index contributed by atoms with van der Waals surface area (Å²) in [7, 11) is 2.11. The van der Waals surface area contributed by atoms with Gasteiger partial charge in [-0.3, -0.25) is 4.79 Å². The molecule has 1 saturated carbocycles.